The molecule has 0 rings (SSSR count). The minimum Gasteiger partial charge on any atom is -0.494 e. The van der Waals surface area contributed by atoms with E-state index in [2.05, 4.69) is 16.0 Å². The Labute approximate surface area is 62.1 Å². The zero-order valence-electron chi connectivity index (χ0n) is 4.47. The van der Waals surface area contributed by atoms with Gasteiger partial charge in [0.05, 0.1) is 6.26 Å². The van der Waals surface area contributed by atoms with Crippen molar-refractivity contribution < 1.29 is 13.5 Å². The van der Waals surface area contributed by atoms with Gasteiger partial charge in [0.2, 0.25) is 4.38 Å². The first-order valence-electron chi connectivity index (χ1n) is 1.78. The normalized spacial score (nSPS) is 13.0. The summed E-state index contributed by atoms with van der Waals surface area (Å²) >= 11 is 4.06. The quantitative estimate of drug-likeness (QED) is 0.440. The van der Waals surface area contributed by atoms with Crippen LogP contribution < -0.4 is 0 Å². The third-order valence-corrected chi connectivity index (χ3v) is 2.20. The lowest BCUT2D eigenvalue weighted by molar-refractivity contribution is 0.585. The monoisotopic (exact) mass is 187 g/mol. The van der Waals surface area contributed by atoms with Crippen LogP contribution in [0.15, 0.2) is 3.77 Å². The van der Waals surface area contributed by atoms with E-state index in [-0.39, 0.29) is 11.6 Å². The van der Waals surface area contributed by atoms with Crippen molar-refractivity contribution in [3.63, 3.8) is 0 Å². The van der Waals surface area contributed by atoms with Gasteiger partial charge in [-0.2, -0.15) is 0 Å². The van der Waals surface area contributed by atoms with Gasteiger partial charge in [-0.1, -0.05) is 0 Å². The summed E-state index contributed by atoms with van der Waals surface area (Å²) in [4.78, 5) is 0. The zero-order chi connectivity index (χ0) is 7.49. The number of sulfonamides is 1. The molecule has 0 atom stereocenters. The molecule has 0 amide bonds. The molecule has 0 aromatic rings. The molecule has 1 N–H and O–H groups in total. The number of hydrogen-bond acceptors (Lipinski definition) is 3. The standard InChI is InChI=1S/C2H5NO3S3/c1-9(5,6)3-8-2(4)7/h8H,1H3,(H,4,7). The molecule has 0 aliphatic rings. The highest BCUT2D eigenvalue weighted by atomic mass is 32.2. The van der Waals surface area contributed by atoms with E-state index in [1.165, 1.54) is 0 Å². The van der Waals surface area contributed by atoms with Crippen molar-refractivity contribution in [3.8, 4) is 0 Å². The van der Waals surface area contributed by atoms with E-state index in [0.29, 0.717) is 0 Å². The number of aliphatic hydroxyl groups excluding tert-OH is 1. The van der Waals surface area contributed by atoms with Crippen molar-refractivity contribution in [1.29, 1.82) is 0 Å². The number of hydrogen-bond donors (Lipinski definition) is 2. The predicted octanol–water partition coefficient (Wildman–Crippen LogP) is -0.213. The van der Waals surface area contributed by atoms with Gasteiger partial charge < -0.3 is 5.11 Å². The second-order valence-electron chi connectivity index (χ2n) is 1.20. The van der Waals surface area contributed by atoms with Crippen molar-refractivity contribution in [2.45, 2.75) is 0 Å². The van der Waals surface area contributed by atoms with Crippen LogP contribution in [0.4, 0.5) is 0 Å². The molecule has 0 bridgehead atoms. The summed E-state index contributed by atoms with van der Waals surface area (Å²) in [5, 5.41) is 8.28. The molecule has 0 saturated carbocycles. The van der Waals surface area contributed by atoms with Crippen LogP contribution in [0.3, 0.4) is 0 Å². The lowest BCUT2D eigenvalue weighted by Gasteiger charge is -1.82. The smallest absolute Gasteiger partial charge is 0.256 e. The van der Waals surface area contributed by atoms with Gasteiger partial charge >= 0.3 is 0 Å². The van der Waals surface area contributed by atoms with Crippen LogP contribution in [0.25, 0.3) is 0 Å². The van der Waals surface area contributed by atoms with E-state index in [1.54, 1.807) is 0 Å². The summed E-state index contributed by atoms with van der Waals surface area (Å²) < 4.78 is 22.9. The third kappa shape index (κ3) is 7.99. The largest absolute Gasteiger partial charge is 0.494 e. The minimum atomic E-state index is -3.35. The summed E-state index contributed by atoms with van der Waals surface area (Å²) in [5.41, 5.74) is 0. The van der Waals surface area contributed by atoms with Crippen molar-refractivity contribution in [1.82, 2.24) is 0 Å². The van der Waals surface area contributed by atoms with Crippen molar-refractivity contribution in [3.05, 3.63) is 0 Å². The van der Waals surface area contributed by atoms with E-state index >= 15 is 0 Å². The van der Waals surface area contributed by atoms with Gasteiger partial charge in [0.1, 0.15) is 0 Å². The van der Waals surface area contributed by atoms with E-state index < -0.39 is 14.4 Å². The SMILES string of the molecule is CS(=O)(=O)N=[SH]C(O)=S. The Morgan fingerprint density at radius 3 is 2.33 bits per heavy atom. The van der Waals surface area contributed by atoms with Crippen LogP contribution in [0.2, 0.25) is 0 Å². The molecule has 0 radical (unpaired) electrons. The fourth-order valence-electron chi connectivity index (χ4n) is 0.109. The molecule has 0 aromatic heterocycles. The Kier molecular flexibility index (Phi) is 3.23. The van der Waals surface area contributed by atoms with Crippen molar-refractivity contribution >= 4 is 38.2 Å². The van der Waals surface area contributed by atoms with Gasteiger partial charge in [0.15, 0.2) is 0 Å². The van der Waals surface area contributed by atoms with Crippen LogP contribution >= 0.6 is 12.2 Å². The fraction of sp³-hybridized carbons (Fsp3) is 0.500. The first-order chi connectivity index (χ1) is 3.92. The number of aliphatic hydroxyl groups is 1. The van der Waals surface area contributed by atoms with Crippen LogP contribution in [0.1, 0.15) is 0 Å². The molecular weight excluding hydrogens is 182 g/mol. The highest BCUT2D eigenvalue weighted by Gasteiger charge is 1.92. The van der Waals surface area contributed by atoms with Crippen LogP contribution in [-0.4, -0.2) is 24.2 Å². The molecular formula is C2H5NO3S3. The first-order valence-corrected chi connectivity index (χ1v) is 4.88. The van der Waals surface area contributed by atoms with E-state index in [1.807, 2.05) is 0 Å². The second kappa shape index (κ2) is 3.23. The van der Waals surface area contributed by atoms with Gasteiger partial charge in [0.25, 0.3) is 10.0 Å². The Bertz CT molecular complexity index is 227. The van der Waals surface area contributed by atoms with Gasteiger partial charge in [-0.15, -0.1) is 3.77 Å². The maximum atomic E-state index is 10.2. The number of nitrogens with zero attached hydrogens (tertiary/aromatic N) is 1. The summed E-state index contributed by atoms with van der Waals surface area (Å²) in [7, 11) is -3.35. The summed E-state index contributed by atoms with van der Waals surface area (Å²) in [6.45, 7) is 0. The van der Waals surface area contributed by atoms with Gasteiger partial charge in [-0.05, 0) is 23.8 Å². The molecule has 0 fully saturated rings. The van der Waals surface area contributed by atoms with Gasteiger partial charge in [0, 0.05) is 0 Å². The number of rotatable bonds is 1. The molecule has 0 aliphatic heterocycles. The lowest BCUT2D eigenvalue weighted by atomic mass is 11.7. The molecule has 7 heteroatoms. The average Bonchev–Trinajstić information content (AvgIpc) is 1.59. The molecule has 0 heterocycles. The fourth-order valence-corrected chi connectivity index (χ4v) is 1.28. The lowest BCUT2D eigenvalue weighted by Crippen LogP contribution is -1.92. The van der Waals surface area contributed by atoms with E-state index in [9.17, 15) is 8.42 Å². The van der Waals surface area contributed by atoms with Crippen LogP contribution in [0, 0.1) is 0 Å². The second-order valence-corrected chi connectivity index (χ2v) is 4.63. The van der Waals surface area contributed by atoms with E-state index in [4.69, 9.17) is 5.11 Å². The highest BCUT2D eigenvalue weighted by molar-refractivity contribution is 8.07. The van der Waals surface area contributed by atoms with Gasteiger partial charge in [-0.3, -0.25) is 0 Å². The average molecular weight is 187 g/mol. The first kappa shape index (κ1) is 8.99. The molecule has 9 heavy (non-hydrogen) atoms. The summed E-state index contributed by atoms with van der Waals surface area (Å²) in [6, 6.07) is 0. The Morgan fingerprint density at radius 1 is 1.78 bits per heavy atom. The van der Waals surface area contributed by atoms with Gasteiger partial charge in [-0.25, -0.2) is 8.42 Å². The minimum absolute atomic E-state index is 0.0868. The highest BCUT2D eigenvalue weighted by Crippen LogP contribution is 1.83. The molecule has 0 aromatic carbocycles. The van der Waals surface area contributed by atoms with Crippen molar-refractivity contribution in [2.75, 3.05) is 6.26 Å². The number of thiol groups is 1. The number of thiocarbonyl (C=S) groups is 1. The Balaban J connectivity index is 4.21. The molecule has 0 aliphatic carbocycles. The topological polar surface area (TPSA) is 66.7 Å². The molecule has 0 spiro atoms. The zero-order valence-corrected chi connectivity index (χ0v) is 7.00. The van der Waals surface area contributed by atoms with E-state index in [0.717, 1.165) is 6.26 Å². The summed E-state index contributed by atoms with van der Waals surface area (Å²) in [5.74, 6) is 0. The predicted molar refractivity (Wildman–Crippen MR) is 41.3 cm³/mol. The van der Waals surface area contributed by atoms with Crippen LogP contribution in [0.5, 0.6) is 0 Å². The third-order valence-electron chi connectivity index (χ3n) is 0.275. The Hall–Kier alpha value is -0.0100. The molecule has 0 unspecified atom stereocenters. The molecule has 4 nitrogen and oxygen atoms in total. The molecule has 54 valence electrons. The maximum Gasteiger partial charge on any atom is 0.256 e. The summed E-state index contributed by atoms with van der Waals surface area (Å²) in [6.07, 6.45) is 0.929. The van der Waals surface area contributed by atoms with Crippen LogP contribution in [-0.2, 0) is 21.6 Å². The maximum absolute atomic E-state index is 10.2. The molecule has 0 saturated heterocycles. The van der Waals surface area contributed by atoms with Crippen molar-refractivity contribution in [2.24, 2.45) is 3.77 Å². The Morgan fingerprint density at radius 2 is 2.22 bits per heavy atom.